The van der Waals surface area contributed by atoms with Crippen LogP contribution in [0.15, 0.2) is 0 Å². The third-order valence-corrected chi connectivity index (χ3v) is 6.36. The van der Waals surface area contributed by atoms with Crippen LogP contribution in [0.5, 0.6) is 0 Å². The molecule has 0 aromatic heterocycles. The zero-order chi connectivity index (χ0) is 35.3. The Morgan fingerprint density at radius 2 is 1.09 bits per heavy atom. The molecule has 1 N–H and O–H groups in total. The average molecular weight is 635 g/mol. The highest BCUT2D eigenvalue weighted by molar-refractivity contribution is 5.78. The second kappa shape index (κ2) is 32.2. The van der Waals surface area contributed by atoms with E-state index in [9.17, 15) is 19.2 Å². The van der Waals surface area contributed by atoms with Crippen molar-refractivity contribution in [1.29, 1.82) is 0 Å². The molecule has 0 aliphatic carbocycles. The number of nitrogens with one attached hydrogen (secondary N) is 1. The lowest BCUT2D eigenvalue weighted by molar-refractivity contribution is -0.152. The molecule has 0 radical (unpaired) electrons. The molecule has 11 nitrogen and oxygen atoms in total. The minimum Gasteiger partial charge on any atom is -0.464 e. The summed E-state index contributed by atoms with van der Waals surface area (Å²) in [7, 11) is 11.7. The van der Waals surface area contributed by atoms with Crippen LogP contribution < -0.4 is 5.32 Å². The molecule has 264 valence electrons. The largest absolute Gasteiger partial charge is 0.464 e. The summed E-state index contributed by atoms with van der Waals surface area (Å²) < 4.78 is 14.7. The molecule has 4 atom stereocenters. The van der Waals surface area contributed by atoms with Crippen LogP contribution in [0, 0.1) is 17.8 Å². The van der Waals surface area contributed by atoms with Crippen LogP contribution in [0.4, 0.5) is 0 Å². The molecule has 44 heavy (non-hydrogen) atoms. The van der Waals surface area contributed by atoms with Crippen molar-refractivity contribution in [1.82, 2.24) is 20.0 Å². The lowest BCUT2D eigenvalue weighted by Crippen LogP contribution is -2.31. The van der Waals surface area contributed by atoms with Gasteiger partial charge in [-0.2, -0.15) is 0 Å². The molecular weight excluding hydrogens is 564 g/mol. The minimum absolute atomic E-state index is 0.0231. The van der Waals surface area contributed by atoms with Crippen molar-refractivity contribution in [3.8, 4) is 0 Å². The monoisotopic (exact) mass is 635 g/mol. The predicted octanol–water partition coefficient (Wildman–Crippen LogP) is 4.68. The van der Waals surface area contributed by atoms with Crippen LogP contribution in [-0.2, 0) is 33.4 Å². The molecule has 0 bridgehead atoms. The van der Waals surface area contributed by atoms with E-state index < -0.39 is 0 Å². The summed E-state index contributed by atoms with van der Waals surface area (Å²) in [5.74, 6) is 0.00243. The summed E-state index contributed by atoms with van der Waals surface area (Å²) in [4.78, 5) is 49.6. The van der Waals surface area contributed by atoms with Crippen molar-refractivity contribution in [2.75, 3.05) is 75.3 Å². The Morgan fingerprint density at radius 1 is 0.636 bits per heavy atom. The van der Waals surface area contributed by atoms with Gasteiger partial charge in [0.25, 0.3) is 0 Å². The third-order valence-electron chi connectivity index (χ3n) is 6.36. The van der Waals surface area contributed by atoms with Gasteiger partial charge in [-0.1, -0.05) is 48.5 Å². The first-order valence-electron chi connectivity index (χ1n) is 16.1. The van der Waals surface area contributed by atoms with Crippen LogP contribution in [0.1, 0.15) is 94.4 Å². The zero-order valence-corrected chi connectivity index (χ0v) is 31.1. The number of nitrogens with zero attached hydrogens (tertiary/aromatic N) is 3. The Morgan fingerprint density at radius 3 is 1.43 bits per heavy atom. The molecule has 4 unspecified atom stereocenters. The maximum Gasteiger partial charge on any atom is 0.309 e. The third kappa shape index (κ3) is 37.8. The molecule has 0 saturated carbocycles. The number of rotatable bonds is 17. The maximum atomic E-state index is 11.3. The topological polar surface area (TPSA) is 118 Å². The normalized spacial score (nSPS) is 13.0. The van der Waals surface area contributed by atoms with Crippen molar-refractivity contribution >= 4 is 23.8 Å². The highest BCUT2D eigenvalue weighted by atomic mass is 16.5. The summed E-state index contributed by atoms with van der Waals surface area (Å²) in [6.07, 6.45) is 4.59. The van der Waals surface area contributed by atoms with Crippen LogP contribution in [0.25, 0.3) is 0 Å². The van der Waals surface area contributed by atoms with Gasteiger partial charge in [-0.05, 0) is 87.9 Å². The number of ether oxygens (including phenoxy) is 3. The van der Waals surface area contributed by atoms with Gasteiger partial charge in [0.2, 0.25) is 5.91 Å². The summed E-state index contributed by atoms with van der Waals surface area (Å²) in [5.41, 5.74) is 0. The second-order valence-corrected chi connectivity index (χ2v) is 11.8. The van der Waals surface area contributed by atoms with Gasteiger partial charge in [-0.3, -0.25) is 24.1 Å². The Kier molecular flexibility index (Phi) is 35.6. The standard InChI is InChI=1S/C10H22N2O.C9H19NO2.C8H17NO2.C6H12O2/c1-5-9(2)10(13)11-7-6-8-12(3)4;1-5-8(2)9(11)12-7-6-10(3)4;1-5-7(2)8(10)11-6-9(3)4;1-4-5(2)8-6(3)7/h9H,5-8H2,1-4H3,(H,11,13);8H,5-7H2,1-4H3;7H,5-6H2,1-4H3;5H,4H2,1-3H3. The Balaban J connectivity index is -0.000000246. The van der Waals surface area contributed by atoms with E-state index in [2.05, 4.69) is 10.2 Å². The van der Waals surface area contributed by atoms with Gasteiger partial charge < -0.3 is 29.3 Å². The van der Waals surface area contributed by atoms with Crippen LogP contribution >= 0.6 is 0 Å². The van der Waals surface area contributed by atoms with Crippen molar-refractivity contribution in [2.45, 2.75) is 101 Å². The molecule has 0 saturated heterocycles. The fraction of sp³-hybridized carbons (Fsp3) is 0.879. The van der Waals surface area contributed by atoms with E-state index in [0.717, 1.165) is 51.7 Å². The molecule has 0 aliphatic rings. The number of hydrogen-bond acceptors (Lipinski definition) is 10. The number of likely N-dealkylation sites (N-methyl/N-ethyl adjacent to an activating group) is 1. The number of carbonyl (C=O) groups is 4. The molecule has 0 aliphatic heterocycles. The van der Waals surface area contributed by atoms with Crippen LogP contribution in [0.2, 0.25) is 0 Å². The molecule has 0 aromatic rings. The van der Waals surface area contributed by atoms with E-state index in [-0.39, 0.29) is 47.7 Å². The van der Waals surface area contributed by atoms with Gasteiger partial charge in [0.1, 0.15) is 13.3 Å². The van der Waals surface area contributed by atoms with E-state index >= 15 is 0 Å². The summed E-state index contributed by atoms with van der Waals surface area (Å²) >= 11 is 0. The second-order valence-electron chi connectivity index (χ2n) is 11.8. The van der Waals surface area contributed by atoms with Crippen molar-refractivity contribution < 1.29 is 33.4 Å². The van der Waals surface area contributed by atoms with Crippen LogP contribution in [0.3, 0.4) is 0 Å². The summed E-state index contributed by atoms with van der Waals surface area (Å²) in [5, 5.41) is 2.92. The Bertz CT molecular complexity index is 718. The van der Waals surface area contributed by atoms with E-state index in [1.165, 1.54) is 6.92 Å². The fourth-order valence-corrected chi connectivity index (χ4v) is 2.47. The minimum atomic E-state index is -0.195. The average Bonchev–Trinajstić information content (AvgIpc) is 2.96. The smallest absolute Gasteiger partial charge is 0.309 e. The molecule has 1 amide bonds. The first-order valence-corrected chi connectivity index (χ1v) is 16.1. The number of hydrogen-bond donors (Lipinski definition) is 1. The summed E-state index contributed by atoms with van der Waals surface area (Å²) in [6, 6.07) is 0. The molecule has 0 spiro atoms. The Labute approximate surface area is 270 Å². The molecular formula is C33H70N4O7. The van der Waals surface area contributed by atoms with Gasteiger partial charge in [0.15, 0.2) is 0 Å². The van der Waals surface area contributed by atoms with Crippen molar-refractivity contribution in [3.05, 3.63) is 0 Å². The van der Waals surface area contributed by atoms with Gasteiger partial charge in [0, 0.05) is 25.9 Å². The quantitative estimate of drug-likeness (QED) is 0.105. The Hall–Kier alpha value is -2.24. The molecule has 0 rings (SSSR count). The molecule has 0 aromatic carbocycles. The number of carbonyl (C=O) groups excluding carboxylic acids is 4. The maximum absolute atomic E-state index is 11.3. The molecule has 11 heteroatoms. The van der Waals surface area contributed by atoms with E-state index in [0.29, 0.717) is 13.3 Å². The number of esters is 3. The molecule has 0 heterocycles. The van der Waals surface area contributed by atoms with E-state index in [1.807, 2.05) is 107 Å². The lowest BCUT2D eigenvalue weighted by Gasteiger charge is -2.12. The van der Waals surface area contributed by atoms with Crippen molar-refractivity contribution in [3.63, 3.8) is 0 Å². The lowest BCUT2D eigenvalue weighted by atomic mass is 10.1. The molecule has 0 fully saturated rings. The highest BCUT2D eigenvalue weighted by Gasteiger charge is 2.12. The highest BCUT2D eigenvalue weighted by Crippen LogP contribution is 2.03. The first-order chi connectivity index (χ1) is 20.4. The fourth-order valence-electron chi connectivity index (χ4n) is 2.47. The van der Waals surface area contributed by atoms with Gasteiger partial charge in [0.05, 0.1) is 17.9 Å². The van der Waals surface area contributed by atoms with Crippen LogP contribution in [-0.4, -0.2) is 120 Å². The van der Waals surface area contributed by atoms with Crippen molar-refractivity contribution in [2.24, 2.45) is 17.8 Å². The summed E-state index contributed by atoms with van der Waals surface area (Å²) in [6.45, 7) is 20.5. The van der Waals surface area contributed by atoms with E-state index in [4.69, 9.17) is 14.2 Å². The first kappa shape index (κ1) is 48.7. The number of amides is 1. The van der Waals surface area contributed by atoms with Gasteiger partial charge >= 0.3 is 17.9 Å². The SMILES string of the molecule is CCC(C)C(=O)NCCCN(C)C.CCC(C)C(=O)OCCN(C)C.CCC(C)C(=O)OCN(C)C.CCC(C)OC(C)=O. The zero-order valence-electron chi connectivity index (χ0n) is 31.1. The predicted molar refractivity (Wildman–Crippen MR) is 180 cm³/mol. The van der Waals surface area contributed by atoms with E-state index in [1.54, 1.807) is 0 Å². The van der Waals surface area contributed by atoms with Gasteiger partial charge in [-0.15, -0.1) is 0 Å². The van der Waals surface area contributed by atoms with Gasteiger partial charge in [-0.25, -0.2) is 0 Å².